The fourth-order valence-electron chi connectivity index (χ4n) is 1.65. The molecule has 1 aromatic carbocycles. The minimum absolute atomic E-state index is 0.0231. The van der Waals surface area contributed by atoms with E-state index in [2.05, 4.69) is 5.32 Å². The number of benzene rings is 1. The van der Waals surface area contributed by atoms with Crippen LogP contribution in [0.5, 0.6) is 11.5 Å². The van der Waals surface area contributed by atoms with Crippen LogP contribution >= 0.6 is 11.6 Å². The van der Waals surface area contributed by atoms with Gasteiger partial charge in [0.25, 0.3) is 0 Å². The highest BCUT2D eigenvalue weighted by Gasteiger charge is 2.17. The fraction of sp³-hybridized carbons (Fsp3) is 0.417. The molecule has 0 atom stereocenters. The maximum atomic E-state index is 11.8. The van der Waals surface area contributed by atoms with Gasteiger partial charge in [-0.05, 0) is 19.2 Å². The Bertz CT molecular complexity index is 434. The fourth-order valence-corrected chi connectivity index (χ4v) is 1.92. The standard InChI is InChI=1S/C12H14ClNO3/c1-14-7-10(15)8-5-9(13)12-11(6-8)16-3-2-4-17-12/h5-6,14H,2-4,7H2,1H3. The van der Waals surface area contributed by atoms with Gasteiger partial charge in [0, 0.05) is 12.0 Å². The molecule has 17 heavy (non-hydrogen) atoms. The summed E-state index contributed by atoms with van der Waals surface area (Å²) in [6.45, 7) is 1.43. The third-order valence-corrected chi connectivity index (χ3v) is 2.74. The van der Waals surface area contributed by atoms with Crippen LogP contribution in [0.3, 0.4) is 0 Å². The number of ether oxygens (including phenoxy) is 2. The molecular weight excluding hydrogens is 242 g/mol. The Morgan fingerprint density at radius 2 is 2.18 bits per heavy atom. The molecule has 1 aromatic rings. The molecule has 0 radical (unpaired) electrons. The van der Waals surface area contributed by atoms with Crippen molar-refractivity contribution in [2.75, 3.05) is 26.8 Å². The molecule has 0 aliphatic carbocycles. The summed E-state index contributed by atoms with van der Waals surface area (Å²) in [6, 6.07) is 3.31. The topological polar surface area (TPSA) is 47.6 Å². The minimum atomic E-state index is -0.0231. The zero-order valence-corrected chi connectivity index (χ0v) is 10.3. The van der Waals surface area contributed by atoms with E-state index in [0.717, 1.165) is 6.42 Å². The van der Waals surface area contributed by atoms with E-state index in [1.165, 1.54) is 0 Å². The third-order valence-electron chi connectivity index (χ3n) is 2.46. The van der Waals surface area contributed by atoms with Gasteiger partial charge in [-0.3, -0.25) is 4.79 Å². The minimum Gasteiger partial charge on any atom is -0.489 e. The van der Waals surface area contributed by atoms with E-state index in [9.17, 15) is 4.79 Å². The van der Waals surface area contributed by atoms with Gasteiger partial charge in [-0.2, -0.15) is 0 Å². The highest BCUT2D eigenvalue weighted by molar-refractivity contribution is 6.32. The zero-order valence-electron chi connectivity index (χ0n) is 9.59. The van der Waals surface area contributed by atoms with Gasteiger partial charge >= 0.3 is 0 Å². The van der Waals surface area contributed by atoms with Crippen LogP contribution in [-0.2, 0) is 0 Å². The summed E-state index contributed by atoms with van der Waals surface area (Å²) in [6.07, 6.45) is 0.810. The molecular formula is C12H14ClNO3. The van der Waals surface area contributed by atoms with Crippen LogP contribution in [0.4, 0.5) is 0 Å². The summed E-state index contributed by atoms with van der Waals surface area (Å²) < 4.78 is 11.0. The maximum absolute atomic E-state index is 11.8. The number of fused-ring (bicyclic) bond motifs is 1. The highest BCUT2D eigenvalue weighted by Crippen LogP contribution is 2.37. The van der Waals surface area contributed by atoms with E-state index in [-0.39, 0.29) is 12.3 Å². The van der Waals surface area contributed by atoms with Gasteiger partial charge in [-0.1, -0.05) is 11.6 Å². The SMILES string of the molecule is CNCC(=O)c1cc(Cl)c2c(c1)OCCCO2. The molecule has 0 bridgehead atoms. The molecule has 1 aliphatic heterocycles. The van der Waals surface area contributed by atoms with Crippen LogP contribution in [-0.4, -0.2) is 32.6 Å². The lowest BCUT2D eigenvalue weighted by molar-refractivity contribution is 0.0993. The second-order valence-electron chi connectivity index (χ2n) is 3.79. The monoisotopic (exact) mass is 255 g/mol. The van der Waals surface area contributed by atoms with Crippen LogP contribution in [0.25, 0.3) is 0 Å². The Labute approximate surface area is 105 Å². The predicted molar refractivity (Wildman–Crippen MR) is 65.3 cm³/mol. The number of ketones is 1. The van der Waals surface area contributed by atoms with E-state index >= 15 is 0 Å². The molecule has 4 nitrogen and oxygen atoms in total. The number of halogens is 1. The lowest BCUT2D eigenvalue weighted by Crippen LogP contribution is -2.18. The molecule has 0 saturated heterocycles. The van der Waals surface area contributed by atoms with Gasteiger partial charge in [0.2, 0.25) is 0 Å². The second kappa shape index (κ2) is 5.38. The summed E-state index contributed by atoms with van der Waals surface area (Å²) in [5.74, 6) is 1.06. The number of hydrogen-bond acceptors (Lipinski definition) is 4. The van der Waals surface area contributed by atoms with Crippen LogP contribution in [0.2, 0.25) is 5.02 Å². The molecule has 0 aromatic heterocycles. The van der Waals surface area contributed by atoms with Crippen molar-refractivity contribution < 1.29 is 14.3 Å². The summed E-state index contributed by atoms with van der Waals surface area (Å²) in [5.41, 5.74) is 0.536. The number of carbonyl (C=O) groups is 1. The zero-order chi connectivity index (χ0) is 12.3. The summed E-state index contributed by atoms with van der Waals surface area (Å²) >= 11 is 6.09. The highest BCUT2D eigenvalue weighted by atomic mass is 35.5. The van der Waals surface area contributed by atoms with Crippen LogP contribution in [0, 0.1) is 0 Å². The van der Waals surface area contributed by atoms with Crippen molar-refractivity contribution in [2.45, 2.75) is 6.42 Å². The Kier molecular flexibility index (Phi) is 3.86. The van der Waals surface area contributed by atoms with E-state index in [4.69, 9.17) is 21.1 Å². The number of likely N-dealkylation sites (N-methyl/N-ethyl adjacent to an activating group) is 1. The summed E-state index contributed by atoms with van der Waals surface area (Å²) in [7, 11) is 1.72. The average molecular weight is 256 g/mol. The van der Waals surface area contributed by atoms with Crippen molar-refractivity contribution in [1.82, 2.24) is 5.32 Å². The Balaban J connectivity index is 2.35. The van der Waals surface area contributed by atoms with E-state index in [1.54, 1.807) is 19.2 Å². The number of Topliss-reactive ketones (excluding diaryl/α,β-unsaturated/α-hetero) is 1. The van der Waals surface area contributed by atoms with Crippen LogP contribution in [0.1, 0.15) is 16.8 Å². The molecule has 5 heteroatoms. The second-order valence-corrected chi connectivity index (χ2v) is 4.20. The normalized spacial score (nSPS) is 14.2. The maximum Gasteiger partial charge on any atom is 0.179 e. The van der Waals surface area contributed by atoms with Crippen LogP contribution < -0.4 is 14.8 Å². The molecule has 1 heterocycles. The largest absolute Gasteiger partial charge is 0.489 e. The molecule has 92 valence electrons. The number of rotatable bonds is 3. The molecule has 0 fully saturated rings. The average Bonchev–Trinajstić information content (AvgIpc) is 2.54. The Morgan fingerprint density at radius 1 is 1.41 bits per heavy atom. The number of hydrogen-bond donors (Lipinski definition) is 1. The molecule has 1 N–H and O–H groups in total. The van der Waals surface area contributed by atoms with Crippen LogP contribution in [0.15, 0.2) is 12.1 Å². The molecule has 0 spiro atoms. The first-order valence-electron chi connectivity index (χ1n) is 5.49. The summed E-state index contributed by atoms with van der Waals surface area (Å²) in [4.78, 5) is 11.8. The molecule has 1 aliphatic rings. The van der Waals surface area contributed by atoms with E-state index in [0.29, 0.717) is 35.3 Å². The number of carbonyl (C=O) groups excluding carboxylic acids is 1. The smallest absolute Gasteiger partial charge is 0.179 e. The van der Waals surface area contributed by atoms with Crippen molar-refractivity contribution in [1.29, 1.82) is 0 Å². The molecule has 0 saturated carbocycles. The first-order chi connectivity index (χ1) is 8.22. The van der Waals surface area contributed by atoms with Crippen molar-refractivity contribution in [2.24, 2.45) is 0 Å². The lowest BCUT2D eigenvalue weighted by atomic mass is 10.1. The van der Waals surface area contributed by atoms with E-state index < -0.39 is 0 Å². The van der Waals surface area contributed by atoms with Crippen molar-refractivity contribution in [3.05, 3.63) is 22.7 Å². The first kappa shape index (κ1) is 12.2. The first-order valence-corrected chi connectivity index (χ1v) is 5.87. The summed E-state index contributed by atoms with van der Waals surface area (Å²) in [5, 5.41) is 3.23. The van der Waals surface area contributed by atoms with E-state index in [1.807, 2.05) is 0 Å². The van der Waals surface area contributed by atoms with Gasteiger partial charge in [0.05, 0.1) is 24.8 Å². The molecule has 0 unspecified atom stereocenters. The third kappa shape index (κ3) is 2.70. The van der Waals surface area contributed by atoms with Gasteiger partial charge in [-0.15, -0.1) is 0 Å². The molecule has 0 amide bonds. The van der Waals surface area contributed by atoms with Gasteiger partial charge in [0.1, 0.15) is 0 Å². The van der Waals surface area contributed by atoms with Crippen molar-refractivity contribution in [3.63, 3.8) is 0 Å². The quantitative estimate of drug-likeness (QED) is 0.838. The Morgan fingerprint density at radius 3 is 2.94 bits per heavy atom. The van der Waals surface area contributed by atoms with Gasteiger partial charge in [-0.25, -0.2) is 0 Å². The number of nitrogens with one attached hydrogen (secondary N) is 1. The predicted octanol–water partition coefficient (Wildman–Crippen LogP) is 1.90. The van der Waals surface area contributed by atoms with Gasteiger partial charge in [0.15, 0.2) is 17.3 Å². The molecule has 2 rings (SSSR count). The Hall–Kier alpha value is -1.26. The van der Waals surface area contributed by atoms with Gasteiger partial charge < -0.3 is 14.8 Å². The van der Waals surface area contributed by atoms with Crippen molar-refractivity contribution in [3.8, 4) is 11.5 Å². The van der Waals surface area contributed by atoms with Crippen molar-refractivity contribution >= 4 is 17.4 Å². The lowest BCUT2D eigenvalue weighted by Gasteiger charge is -2.10.